The lowest BCUT2D eigenvalue weighted by Gasteiger charge is -2.44. The number of ether oxygens (including phenoxy) is 4. The molecule has 1 N–H and O–H groups in total. The Hall–Kier alpha value is -3.72. The summed E-state index contributed by atoms with van der Waals surface area (Å²) in [6, 6.07) is 3.95. The molecule has 0 spiro atoms. The summed E-state index contributed by atoms with van der Waals surface area (Å²) >= 11 is 1.50. The van der Waals surface area contributed by atoms with Crippen LogP contribution < -0.4 is 4.74 Å². The Morgan fingerprint density at radius 2 is 1.86 bits per heavy atom. The van der Waals surface area contributed by atoms with Gasteiger partial charge in [-0.25, -0.2) is 9.59 Å². The molecule has 4 rings (SSSR count). The second-order valence-corrected chi connectivity index (χ2v) is 14.8. The van der Waals surface area contributed by atoms with Crippen LogP contribution in [0.4, 0.5) is 4.79 Å². The number of hydrogen-bond donors (Lipinski definition) is 1. The fourth-order valence-electron chi connectivity index (χ4n) is 7.91. The number of esters is 1. The van der Waals surface area contributed by atoms with Gasteiger partial charge in [0.2, 0.25) is 0 Å². The highest BCUT2D eigenvalue weighted by Crippen LogP contribution is 2.57. The minimum absolute atomic E-state index is 0.00660. The number of phenols is 1. The predicted octanol–water partition coefficient (Wildman–Crippen LogP) is 9.04. The monoisotopic (exact) mass is 706 g/mol. The summed E-state index contributed by atoms with van der Waals surface area (Å²) in [5.74, 6) is -0.449. The van der Waals surface area contributed by atoms with Crippen molar-refractivity contribution in [3.63, 3.8) is 0 Å². The molecule has 1 aromatic rings. The van der Waals surface area contributed by atoms with E-state index in [0.717, 1.165) is 60.8 Å². The standard InChI is InChI=1S/C41H54O8S/c1-9-12-13-14-28-20-32(42)36(30-19-25(6)15-16-29(30)24(4)5)33(21-28)48-23-50-22-31-26(7)34-35(27(8)49-41(45)47-18-11-3)39(43)38(34)37(31)40(44)46-17-10-2/h10-11,19-21,26-27,29-30,34-35,38,42H,2-4,9,12-18,22-23H2,1,5-8H3/t26-,27+,29-,30+,34?,35+,38?/m0/s1. The van der Waals surface area contributed by atoms with E-state index in [4.69, 9.17) is 18.9 Å². The summed E-state index contributed by atoms with van der Waals surface area (Å²) < 4.78 is 22.4. The number of allylic oxidation sites excluding steroid dienone is 3. The molecule has 0 heterocycles. The molecule has 0 aromatic heterocycles. The Bertz CT molecular complexity index is 1520. The molecular formula is C41H54O8S. The van der Waals surface area contributed by atoms with Crippen LogP contribution in [0.1, 0.15) is 83.8 Å². The van der Waals surface area contributed by atoms with Crippen LogP contribution in [-0.2, 0) is 30.2 Å². The quantitative estimate of drug-likeness (QED) is 0.0692. The second kappa shape index (κ2) is 18.0. The number of hydrogen-bond acceptors (Lipinski definition) is 9. The molecule has 50 heavy (non-hydrogen) atoms. The smallest absolute Gasteiger partial charge is 0.507 e. The highest BCUT2D eigenvalue weighted by molar-refractivity contribution is 7.99. The van der Waals surface area contributed by atoms with E-state index in [1.807, 2.05) is 13.0 Å². The minimum atomic E-state index is -0.862. The van der Waals surface area contributed by atoms with Crippen LogP contribution in [0, 0.1) is 29.6 Å². The van der Waals surface area contributed by atoms with Gasteiger partial charge >= 0.3 is 12.1 Å². The number of phenolic OH excluding ortho intramolecular Hbond substituents is 1. The Balaban J connectivity index is 1.56. The zero-order valence-electron chi connectivity index (χ0n) is 30.3. The van der Waals surface area contributed by atoms with Gasteiger partial charge in [0.1, 0.15) is 42.5 Å². The Labute approximate surface area is 302 Å². The lowest BCUT2D eigenvalue weighted by atomic mass is 9.59. The molecule has 3 aliphatic rings. The topological polar surface area (TPSA) is 108 Å². The number of benzene rings is 1. The minimum Gasteiger partial charge on any atom is -0.507 e. The van der Waals surface area contributed by atoms with E-state index in [2.05, 4.69) is 52.7 Å². The van der Waals surface area contributed by atoms with Gasteiger partial charge in [-0.2, -0.15) is 0 Å². The molecule has 1 fully saturated rings. The van der Waals surface area contributed by atoms with Crippen molar-refractivity contribution in [2.75, 3.05) is 24.9 Å². The summed E-state index contributed by atoms with van der Waals surface area (Å²) in [6.07, 6.45) is 9.65. The highest BCUT2D eigenvalue weighted by atomic mass is 32.2. The largest absolute Gasteiger partial charge is 0.508 e. The molecule has 1 saturated carbocycles. The number of ketones is 1. The van der Waals surface area contributed by atoms with Crippen LogP contribution in [0.25, 0.3) is 0 Å². The molecule has 0 radical (unpaired) electrons. The third-order valence-corrected chi connectivity index (χ3v) is 11.2. The average molecular weight is 707 g/mol. The molecule has 8 nitrogen and oxygen atoms in total. The van der Waals surface area contributed by atoms with Crippen LogP contribution in [0.3, 0.4) is 0 Å². The van der Waals surface area contributed by atoms with Gasteiger partial charge in [0, 0.05) is 22.8 Å². The van der Waals surface area contributed by atoms with Crippen molar-refractivity contribution >= 4 is 29.7 Å². The van der Waals surface area contributed by atoms with Crippen LogP contribution in [-0.4, -0.2) is 54.0 Å². The SMILES string of the molecule is C=CCOC(=O)O[C@H](C)[C@H]1C(=O)C2C(C(=O)OCC=C)=C(CSCOc3cc(CCCCC)cc(O)c3[C@@H]3C=C(C)CC[C@H]3C(=C)C)[C@H](C)C21. The first-order valence-electron chi connectivity index (χ1n) is 17.8. The number of fused-ring (bicyclic) bond motifs is 1. The van der Waals surface area contributed by atoms with Gasteiger partial charge in [-0.3, -0.25) is 4.79 Å². The van der Waals surface area contributed by atoms with Crippen molar-refractivity contribution < 1.29 is 38.4 Å². The average Bonchev–Trinajstić information content (AvgIpc) is 3.31. The van der Waals surface area contributed by atoms with Crippen molar-refractivity contribution in [1.82, 2.24) is 0 Å². The first-order chi connectivity index (χ1) is 23.9. The lowest BCUT2D eigenvalue weighted by molar-refractivity contribution is -0.153. The van der Waals surface area contributed by atoms with Crippen LogP contribution in [0.2, 0.25) is 0 Å². The highest BCUT2D eigenvalue weighted by Gasteiger charge is 2.62. The van der Waals surface area contributed by atoms with E-state index < -0.39 is 30.1 Å². The van der Waals surface area contributed by atoms with Crippen molar-refractivity contribution in [3.05, 3.63) is 83.5 Å². The summed E-state index contributed by atoms with van der Waals surface area (Å²) in [7, 11) is 0. The molecule has 3 aliphatic carbocycles. The summed E-state index contributed by atoms with van der Waals surface area (Å²) in [5.41, 5.74) is 5.42. The maximum absolute atomic E-state index is 13.5. The number of Topliss-reactive ketones (excluding diaryl/α,β-unsaturated/α-hetero) is 1. The lowest BCUT2D eigenvalue weighted by Crippen LogP contribution is -2.54. The number of aromatic hydroxyl groups is 1. The molecular weight excluding hydrogens is 653 g/mol. The fourth-order valence-corrected chi connectivity index (χ4v) is 8.84. The number of unbranched alkanes of at least 4 members (excludes halogenated alkanes) is 2. The van der Waals surface area contributed by atoms with Gasteiger partial charge < -0.3 is 24.1 Å². The van der Waals surface area contributed by atoms with E-state index in [0.29, 0.717) is 17.1 Å². The van der Waals surface area contributed by atoms with E-state index in [1.54, 1.807) is 6.92 Å². The fraction of sp³-hybridized carbons (Fsp3) is 0.537. The van der Waals surface area contributed by atoms with Gasteiger partial charge in [-0.05, 0) is 87.5 Å². The van der Waals surface area contributed by atoms with Gasteiger partial charge in [-0.1, -0.05) is 75.8 Å². The van der Waals surface area contributed by atoms with Crippen LogP contribution in [0.15, 0.2) is 72.4 Å². The van der Waals surface area contributed by atoms with Crippen molar-refractivity contribution in [1.29, 1.82) is 0 Å². The number of aryl methyl sites for hydroxylation is 1. The summed E-state index contributed by atoms with van der Waals surface area (Å²) in [5, 5.41) is 11.5. The predicted molar refractivity (Wildman–Crippen MR) is 198 cm³/mol. The zero-order valence-corrected chi connectivity index (χ0v) is 31.2. The van der Waals surface area contributed by atoms with Crippen LogP contribution in [0.5, 0.6) is 11.5 Å². The third-order valence-electron chi connectivity index (χ3n) is 10.4. The number of carbonyl (C=O) groups is 3. The number of rotatable bonds is 18. The molecule has 0 aliphatic heterocycles. The normalized spacial score (nSPS) is 24.7. The van der Waals surface area contributed by atoms with Gasteiger partial charge in [-0.15, -0.1) is 11.8 Å². The van der Waals surface area contributed by atoms with Gasteiger partial charge in [0.05, 0.1) is 11.8 Å². The molecule has 272 valence electrons. The maximum Gasteiger partial charge on any atom is 0.508 e. The molecule has 2 unspecified atom stereocenters. The zero-order chi connectivity index (χ0) is 36.5. The number of thioether (sulfide) groups is 1. The van der Waals surface area contributed by atoms with Crippen LogP contribution >= 0.6 is 11.8 Å². The molecule has 7 atom stereocenters. The maximum atomic E-state index is 13.5. The molecule has 0 bridgehead atoms. The third kappa shape index (κ3) is 8.76. The first kappa shape index (κ1) is 39.1. The Kier molecular flexibility index (Phi) is 14.0. The Morgan fingerprint density at radius 3 is 2.54 bits per heavy atom. The van der Waals surface area contributed by atoms with E-state index in [-0.39, 0.29) is 54.4 Å². The van der Waals surface area contributed by atoms with Crippen molar-refractivity contribution in [2.45, 2.75) is 85.2 Å². The molecule has 1 aromatic carbocycles. The van der Waals surface area contributed by atoms with E-state index in [1.165, 1.54) is 29.5 Å². The summed E-state index contributed by atoms with van der Waals surface area (Å²) in [4.78, 5) is 39.0. The number of carbonyl (C=O) groups excluding carboxylic acids is 3. The van der Waals surface area contributed by atoms with Crippen molar-refractivity contribution in [3.8, 4) is 11.5 Å². The van der Waals surface area contributed by atoms with Gasteiger partial charge in [0.15, 0.2) is 0 Å². The van der Waals surface area contributed by atoms with E-state index >= 15 is 0 Å². The van der Waals surface area contributed by atoms with Gasteiger partial charge in [0.25, 0.3) is 0 Å². The summed E-state index contributed by atoms with van der Waals surface area (Å²) in [6.45, 7) is 21.5. The second-order valence-electron chi connectivity index (χ2n) is 13.9. The van der Waals surface area contributed by atoms with E-state index in [9.17, 15) is 19.5 Å². The molecule has 0 saturated heterocycles. The molecule has 0 amide bonds. The Morgan fingerprint density at radius 1 is 1.14 bits per heavy atom. The van der Waals surface area contributed by atoms with Crippen molar-refractivity contribution in [2.24, 2.45) is 29.6 Å². The molecule has 9 heteroatoms. The first-order valence-corrected chi connectivity index (χ1v) is 19.0.